The van der Waals surface area contributed by atoms with E-state index in [0.717, 1.165) is 56.6 Å². The van der Waals surface area contributed by atoms with E-state index < -0.39 is 5.82 Å². The molecule has 1 aliphatic heterocycles. The summed E-state index contributed by atoms with van der Waals surface area (Å²) in [6.07, 6.45) is 5.88. The first kappa shape index (κ1) is 25.0. The molecular weight excluding hydrogens is 475 g/mol. The molecule has 37 heavy (non-hydrogen) atoms. The van der Waals surface area contributed by atoms with Crippen molar-refractivity contribution in [3.63, 3.8) is 0 Å². The number of carbonyl (C=O) groups excluding carboxylic acids is 1. The first-order valence-corrected chi connectivity index (χ1v) is 12.9. The standard InChI is InChI=1S/C28H33FN4O4/c1-35-21-11-12-24(29)26(16-21)33-28(32-13-4-3-5-14-32)25(30-31-33)18-37-22-8-6-7-20(15-22)23(19-9-10-19)17-27(34)36-2/h6-8,11-12,15-16,19,23H,3-5,9-10,13-14,17-18H2,1-2H3. The van der Waals surface area contributed by atoms with Crippen molar-refractivity contribution in [2.45, 2.75) is 51.0 Å². The third-order valence-corrected chi connectivity index (χ3v) is 7.22. The molecule has 8 nitrogen and oxygen atoms in total. The number of anilines is 1. The minimum Gasteiger partial charge on any atom is -0.497 e. The maximum atomic E-state index is 14.9. The van der Waals surface area contributed by atoms with Gasteiger partial charge in [0.15, 0.2) is 5.82 Å². The smallest absolute Gasteiger partial charge is 0.306 e. The topological polar surface area (TPSA) is 78.7 Å². The number of piperidine rings is 1. The summed E-state index contributed by atoms with van der Waals surface area (Å²) in [4.78, 5) is 14.2. The minimum absolute atomic E-state index is 0.122. The molecule has 0 N–H and O–H groups in total. The number of carbonyl (C=O) groups is 1. The molecule has 1 aliphatic carbocycles. The first-order valence-electron chi connectivity index (χ1n) is 12.9. The van der Waals surface area contributed by atoms with Crippen LogP contribution in [-0.2, 0) is 16.1 Å². The van der Waals surface area contributed by atoms with Gasteiger partial charge in [-0.2, -0.15) is 4.68 Å². The molecule has 2 fully saturated rings. The van der Waals surface area contributed by atoms with Gasteiger partial charge in [-0.15, -0.1) is 5.10 Å². The van der Waals surface area contributed by atoms with Gasteiger partial charge in [0.1, 0.15) is 35.3 Å². The lowest BCUT2D eigenvalue weighted by molar-refractivity contribution is -0.141. The highest BCUT2D eigenvalue weighted by molar-refractivity contribution is 5.70. The molecule has 2 heterocycles. The Hall–Kier alpha value is -3.62. The Morgan fingerprint density at radius 2 is 1.89 bits per heavy atom. The zero-order valence-corrected chi connectivity index (χ0v) is 21.4. The van der Waals surface area contributed by atoms with Crippen LogP contribution in [0.2, 0.25) is 0 Å². The average molecular weight is 509 g/mol. The van der Waals surface area contributed by atoms with Gasteiger partial charge in [-0.1, -0.05) is 17.3 Å². The van der Waals surface area contributed by atoms with Crippen molar-refractivity contribution >= 4 is 11.8 Å². The summed E-state index contributed by atoms with van der Waals surface area (Å²) in [5.74, 6) is 2.00. The highest BCUT2D eigenvalue weighted by Crippen LogP contribution is 2.45. The Balaban J connectivity index is 1.41. The van der Waals surface area contributed by atoms with Crippen molar-refractivity contribution in [2.75, 3.05) is 32.2 Å². The lowest BCUT2D eigenvalue weighted by atomic mass is 9.91. The van der Waals surface area contributed by atoms with E-state index in [0.29, 0.717) is 29.5 Å². The third-order valence-electron chi connectivity index (χ3n) is 7.22. The van der Waals surface area contributed by atoms with E-state index >= 15 is 0 Å². The number of aromatic nitrogens is 3. The Labute approximate surface area is 216 Å². The fourth-order valence-corrected chi connectivity index (χ4v) is 5.07. The van der Waals surface area contributed by atoms with Crippen LogP contribution in [0.5, 0.6) is 11.5 Å². The second kappa shape index (κ2) is 11.2. The van der Waals surface area contributed by atoms with Crippen molar-refractivity contribution in [1.29, 1.82) is 0 Å². The summed E-state index contributed by atoms with van der Waals surface area (Å²) >= 11 is 0. The molecule has 196 valence electrons. The summed E-state index contributed by atoms with van der Waals surface area (Å²) in [6.45, 7) is 1.88. The monoisotopic (exact) mass is 508 g/mol. The van der Waals surface area contributed by atoms with Gasteiger partial charge in [0.2, 0.25) is 0 Å². The summed E-state index contributed by atoms with van der Waals surface area (Å²) in [6, 6.07) is 12.5. The molecule has 1 saturated carbocycles. The quantitative estimate of drug-likeness (QED) is 0.355. The average Bonchev–Trinajstić information content (AvgIpc) is 3.70. The lowest BCUT2D eigenvalue weighted by Crippen LogP contribution is -2.32. The zero-order chi connectivity index (χ0) is 25.8. The van der Waals surface area contributed by atoms with E-state index in [1.54, 1.807) is 23.9 Å². The van der Waals surface area contributed by atoms with Crippen molar-refractivity contribution in [1.82, 2.24) is 15.0 Å². The zero-order valence-electron chi connectivity index (χ0n) is 21.4. The molecule has 2 aromatic carbocycles. The number of methoxy groups -OCH3 is 2. The molecule has 0 radical (unpaired) electrons. The number of hydrogen-bond donors (Lipinski definition) is 0. The van der Waals surface area contributed by atoms with E-state index in [1.807, 2.05) is 24.3 Å². The Bertz CT molecular complexity index is 1240. The van der Waals surface area contributed by atoms with Crippen LogP contribution in [0, 0.1) is 11.7 Å². The highest BCUT2D eigenvalue weighted by Gasteiger charge is 2.34. The molecule has 1 aromatic heterocycles. The normalized spacial score (nSPS) is 16.4. The summed E-state index contributed by atoms with van der Waals surface area (Å²) in [7, 11) is 2.98. The lowest BCUT2D eigenvalue weighted by Gasteiger charge is -2.29. The van der Waals surface area contributed by atoms with Crippen LogP contribution in [0.1, 0.15) is 55.7 Å². The van der Waals surface area contributed by atoms with Crippen molar-refractivity contribution in [3.8, 4) is 17.2 Å². The van der Waals surface area contributed by atoms with Crippen LogP contribution in [0.15, 0.2) is 42.5 Å². The van der Waals surface area contributed by atoms with E-state index in [4.69, 9.17) is 14.2 Å². The van der Waals surface area contributed by atoms with Gasteiger partial charge < -0.3 is 19.1 Å². The summed E-state index contributed by atoms with van der Waals surface area (Å²) in [5.41, 5.74) is 2.00. The summed E-state index contributed by atoms with van der Waals surface area (Å²) < 4.78 is 32.9. The number of hydrogen-bond acceptors (Lipinski definition) is 7. The van der Waals surface area contributed by atoms with Gasteiger partial charge in [0.25, 0.3) is 0 Å². The number of rotatable bonds is 10. The maximum absolute atomic E-state index is 14.9. The summed E-state index contributed by atoms with van der Waals surface area (Å²) in [5, 5.41) is 8.73. The molecule has 0 amide bonds. The number of esters is 1. The van der Waals surface area contributed by atoms with E-state index in [-0.39, 0.29) is 24.2 Å². The predicted octanol–water partition coefficient (Wildman–Crippen LogP) is 5.04. The fourth-order valence-electron chi connectivity index (χ4n) is 5.07. The van der Waals surface area contributed by atoms with Gasteiger partial charge in [0.05, 0.1) is 20.6 Å². The van der Waals surface area contributed by atoms with Gasteiger partial charge in [-0.25, -0.2) is 4.39 Å². The molecule has 0 bridgehead atoms. The molecule has 1 saturated heterocycles. The van der Waals surface area contributed by atoms with Crippen LogP contribution in [0.3, 0.4) is 0 Å². The molecule has 2 aliphatic rings. The third kappa shape index (κ3) is 5.70. The van der Waals surface area contributed by atoms with Gasteiger partial charge in [-0.05, 0) is 73.8 Å². The van der Waals surface area contributed by atoms with Gasteiger partial charge in [-0.3, -0.25) is 4.79 Å². The van der Waals surface area contributed by atoms with Crippen LogP contribution < -0.4 is 14.4 Å². The largest absolute Gasteiger partial charge is 0.497 e. The van der Waals surface area contributed by atoms with Crippen molar-refractivity contribution in [3.05, 3.63) is 59.5 Å². The van der Waals surface area contributed by atoms with Crippen molar-refractivity contribution in [2.24, 2.45) is 5.92 Å². The molecular formula is C28H33FN4O4. The number of nitrogens with zero attached hydrogens (tertiary/aromatic N) is 4. The van der Waals surface area contributed by atoms with E-state index in [9.17, 15) is 9.18 Å². The second-order valence-electron chi connectivity index (χ2n) is 9.72. The SMILES string of the molecule is COC(=O)CC(c1cccc(OCc2nnn(-c3cc(OC)ccc3F)c2N2CCCCC2)c1)C1CC1. The molecule has 1 unspecified atom stereocenters. The Kier molecular flexibility index (Phi) is 7.58. The number of ether oxygens (including phenoxy) is 3. The van der Waals surface area contributed by atoms with Crippen LogP contribution in [-0.4, -0.2) is 48.3 Å². The van der Waals surface area contributed by atoms with Crippen molar-refractivity contribution < 1.29 is 23.4 Å². The first-order chi connectivity index (χ1) is 18.1. The van der Waals surface area contributed by atoms with E-state index in [1.165, 1.54) is 13.2 Å². The van der Waals surface area contributed by atoms with Crippen LogP contribution in [0.4, 0.5) is 10.2 Å². The molecule has 9 heteroatoms. The second-order valence-corrected chi connectivity index (χ2v) is 9.72. The fraction of sp³-hybridized carbons (Fsp3) is 0.464. The molecule has 1 atom stereocenters. The van der Waals surface area contributed by atoms with Crippen LogP contribution in [0.25, 0.3) is 5.69 Å². The van der Waals surface area contributed by atoms with E-state index in [2.05, 4.69) is 15.2 Å². The van der Waals surface area contributed by atoms with Crippen LogP contribution >= 0.6 is 0 Å². The number of halogens is 1. The Morgan fingerprint density at radius 1 is 1.08 bits per heavy atom. The molecule has 0 spiro atoms. The molecule has 5 rings (SSSR count). The van der Waals surface area contributed by atoms with Gasteiger partial charge >= 0.3 is 5.97 Å². The van der Waals surface area contributed by atoms with Gasteiger partial charge in [0, 0.05) is 19.2 Å². The minimum atomic E-state index is -0.402. The predicted molar refractivity (Wildman–Crippen MR) is 137 cm³/mol. The maximum Gasteiger partial charge on any atom is 0.306 e. The highest BCUT2D eigenvalue weighted by atomic mass is 19.1. The molecule has 3 aromatic rings. The number of benzene rings is 2. The Morgan fingerprint density at radius 3 is 2.62 bits per heavy atom.